The lowest BCUT2D eigenvalue weighted by Gasteiger charge is -2.38. The van der Waals surface area contributed by atoms with Gasteiger partial charge in [-0.1, -0.05) is 36.8 Å². The van der Waals surface area contributed by atoms with Crippen molar-refractivity contribution in [3.8, 4) is 0 Å². The molecule has 18 heavy (non-hydrogen) atoms. The highest BCUT2D eigenvalue weighted by Gasteiger charge is 2.45. The zero-order chi connectivity index (χ0) is 13.2. The molecule has 1 saturated heterocycles. The maximum Gasteiger partial charge on any atom is 0.328 e. The van der Waals surface area contributed by atoms with Gasteiger partial charge in [-0.25, -0.2) is 4.79 Å². The van der Waals surface area contributed by atoms with Crippen LogP contribution in [0, 0.1) is 6.92 Å². The van der Waals surface area contributed by atoms with E-state index in [2.05, 4.69) is 4.90 Å². The van der Waals surface area contributed by atoms with Crippen LogP contribution >= 0.6 is 0 Å². The van der Waals surface area contributed by atoms with Crippen LogP contribution in [-0.4, -0.2) is 29.1 Å². The first-order valence-electron chi connectivity index (χ1n) is 6.67. The first-order valence-corrected chi connectivity index (χ1v) is 6.67. The number of likely N-dealkylation sites (tertiary alicyclic amines) is 1. The largest absolute Gasteiger partial charge is 0.480 e. The molecule has 0 aromatic heterocycles. The van der Waals surface area contributed by atoms with Crippen molar-refractivity contribution in [1.29, 1.82) is 0 Å². The molecule has 1 atom stereocenters. The monoisotopic (exact) mass is 247 g/mol. The van der Waals surface area contributed by atoms with Crippen LogP contribution in [0.15, 0.2) is 24.3 Å². The minimum atomic E-state index is -0.843. The number of nitrogens with zero attached hydrogens (tertiary/aromatic N) is 1. The zero-order valence-electron chi connectivity index (χ0n) is 11.1. The summed E-state index contributed by atoms with van der Waals surface area (Å²) in [5.74, 6) is -0.726. The third-order valence-corrected chi connectivity index (χ3v) is 4.04. The van der Waals surface area contributed by atoms with Gasteiger partial charge in [0.15, 0.2) is 0 Å². The second kappa shape index (κ2) is 5.11. The molecular weight excluding hydrogens is 226 g/mol. The van der Waals surface area contributed by atoms with Gasteiger partial charge >= 0.3 is 5.97 Å². The van der Waals surface area contributed by atoms with E-state index in [0.29, 0.717) is 6.42 Å². The molecule has 3 nitrogen and oxygen atoms in total. The Hall–Kier alpha value is -1.35. The van der Waals surface area contributed by atoms with E-state index in [9.17, 15) is 9.90 Å². The van der Waals surface area contributed by atoms with Crippen LogP contribution in [0.25, 0.3) is 0 Å². The molecule has 3 heteroatoms. The van der Waals surface area contributed by atoms with Crippen molar-refractivity contribution in [2.75, 3.05) is 13.1 Å². The molecule has 1 aromatic rings. The van der Waals surface area contributed by atoms with Crippen LogP contribution in [0.5, 0.6) is 0 Å². The summed E-state index contributed by atoms with van der Waals surface area (Å²) >= 11 is 0. The number of rotatable bonds is 4. The molecule has 1 aliphatic heterocycles. The van der Waals surface area contributed by atoms with Crippen LogP contribution in [0.2, 0.25) is 0 Å². The minimum Gasteiger partial charge on any atom is -0.480 e. The van der Waals surface area contributed by atoms with Gasteiger partial charge in [0.05, 0.1) is 0 Å². The van der Waals surface area contributed by atoms with Crippen molar-refractivity contribution >= 4 is 5.97 Å². The molecule has 0 radical (unpaired) electrons. The predicted molar refractivity (Wildman–Crippen MR) is 71.6 cm³/mol. The van der Waals surface area contributed by atoms with Gasteiger partial charge in [0.25, 0.3) is 0 Å². The molecule has 0 spiro atoms. The second-order valence-electron chi connectivity index (χ2n) is 5.08. The molecule has 1 N–H and O–H groups in total. The van der Waals surface area contributed by atoms with Gasteiger partial charge in [0.1, 0.15) is 5.54 Å². The van der Waals surface area contributed by atoms with Crippen molar-refractivity contribution in [2.24, 2.45) is 0 Å². The number of carboxylic acid groups (broad SMARTS) is 1. The summed E-state index contributed by atoms with van der Waals surface area (Å²) in [5.41, 5.74) is 1.23. The van der Waals surface area contributed by atoms with Crippen molar-refractivity contribution < 1.29 is 9.90 Å². The van der Waals surface area contributed by atoms with Crippen LogP contribution in [-0.2, 0) is 10.3 Å². The molecule has 1 heterocycles. The summed E-state index contributed by atoms with van der Waals surface area (Å²) in [6, 6.07) is 7.92. The number of benzene rings is 1. The lowest BCUT2D eigenvalue weighted by Crippen LogP contribution is -2.50. The molecule has 1 aromatic carbocycles. The van der Waals surface area contributed by atoms with Gasteiger partial charge in [-0.15, -0.1) is 0 Å². The van der Waals surface area contributed by atoms with Crippen LogP contribution in [0.3, 0.4) is 0 Å². The van der Waals surface area contributed by atoms with Gasteiger partial charge in [-0.05, 0) is 44.8 Å². The molecule has 1 aliphatic rings. The van der Waals surface area contributed by atoms with Gasteiger partial charge in [-0.3, -0.25) is 4.90 Å². The van der Waals surface area contributed by atoms with E-state index in [1.165, 1.54) is 0 Å². The van der Waals surface area contributed by atoms with Crippen LogP contribution in [0.4, 0.5) is 0 Å². The molecule has 0 amide bonds. The Bertz CT molecular complexity index is 421. The molecular formula is C15H21NO2. The summed E-state index contributed by atoms with van der Waals surface area (Å²) in [5, 5.41) is 9.77. The Balaban J connectivity index is 2.46. The maximum absolute atomic E-state index is 11.9. The van der Waals surface area contributed by atoms with Crippen molar-refractivity contribution in [3.05, 3.63) is 35.4 Å². The third-order valence-electron chi connectivity index (χ3n) is 4.04. The molecule has 0 saturated carbocycles. The average Bonchev–Trinajstić information content (AvgIpc) is 2.87. The van der Waals surface area contributed by atoms with E-state index < -0.39 is 11.5 Å². The SMILES string of the molecule is CCC(C(=O)O)(c1ccc(C)cc1)N1CCCC1. The topological polar surface area (TPSA) is 40.5 Å². The Morgan fingerprint density at radius 3 is 2.28 bits per heavy atom. The van der Waals surface area contributed by atoms with Crippen molar-refractivity contribution in [3.63, 3.8) is 0 Å². The van der Waals surface area contributed by atoms with Gasteiger partial charge < -0.3 is 5.11 Å². The lowest BCUT2D eigenvalue weighted by molar-refractivity contribution is -0.152. The third kappa shape index (κ3) is 2.03. The Morgan fingerprint density at radius 2 is 1.83 bits per heavy atom. The number of hydrogen-bond donors (Lipinski definition) is 1. The molecule has 0 aliphatic carbocycles. The van der Waals surface area contributed by atoms with Gasteiger partial charge in [0, 0.05) is 0 Å². The maximum atomic E-state index is 11.9. The molecule has 2 rings (SSSR count). The van der Waals surface area contributed by atoms with E-state index in [1.807, 2.05) is 38.1 Å². The first-order chi connectivity index (χ1) is 8.61. The zero-order valence-corrected chi connectivity index (χ0v) is 11.1. The Kier molecular flexibility index (Phi) is 3.71. The molecule has 0 bridgehead atoms. The number of aryl methyl sites for hydroxylation is 1. The van der Waals surface area contributed by atoms with Crippen molar-refractivity contribution in [1.82, 2.24) is 4.90 Å². The highest BCUT2D eigenvalue weighted by atomic mass is 16.4. The van der Waals surface area contributed by atoms with Gasteiger partial charge in [0.2, 0.25) is 0 Å². The smallest absolute Gasteiger partial charge is 0.328 e. The highest BCUT2D eigenvalue weighted by Crippen LogP contribution is 2.35. The summed E-state index contributed by atoms with van der Waals surface area (Å²) < 4.78 is 0. The van der Waals surface area contributed by atoms with Crippen LogP contribution in [0.1, 0.15) is 37.3 Å². The molecule has 98 valence electrons. The fourth-order valence-electron chi connectivity index (χ4n) is 2.95. The highest BCUT2D eigenvalue weighted by molar-refractivity contribution is 5.80. The lowest BCUT2D eigenvalue weighted by atomic mass is 9.85. The molecule has 1 fully saturated rings. The fourth-order valence-corrected chi connectivity index (χ4v) is 2.95. The van der Waals surface area contributed by atoms with Crippen LogP contribution < -0.4 is 0 Å². The Morgan fingerprint density at radius 1 is 1.28 bits per heavy atom. The van der Waals surface area contributed by atoms with Gasteiger partial charge in [-0.2, -0.15) is 0 Å². The summed E-state index contributed by atoms with van der Waals surface area (Å²) in [4.78, 5) is 14.0. The summed E-state index contributed by atoms with van der Waals surface area (Å²) in [7, 11) is 0. The van der Waals surface area contributed by atoms with E-state index in [4.69, 9.17) is 0 Å². The standard InChI is InChI=1S/C15H21NO2/c1-3-15(14(17)18,16-10-4-5-11-16)13-8-6-12(2)7-9-13/h6-9H,3-5,10-11H2,1-2H3,(H,17,18). The fraction of sp³-hybridized carbons (Fsp3) is 0.533. The Labute approximate surface area is 108 Å². The van der Waals surface area contributed by atoms with E-state index >= 15 is 0 Å². The number of carboxylic acids is 1. The normalized spacial score (nSPS) is 19.7. The van der Waals surface area contributed by atoms with Crippen molar-refractivity contribution in [2.45, 2.75) is 38.6 Å². The molecule has 1 unspecified atom stereocenters. The first kappa shape index (κ1) is 13.1. The quantitative estimate of drug-likeness (QED) is 0.889. The van der Waals surface area contributed by atoms with E-state index in [-0.39, 0.29) is 0 Å². The second-order valence-corrected chi connectivity index (χ2v) is 5.08. The minimum absolute atomic E-state index is 0.603. The predicted octanol–water partition coefficient (Wildman–Crippen LogP) is 2.78. The average molecular weight is 247 g/mol. The van der Waals surface area contributed by atoms with E-state index in [1.54, 1.807) is 0 Å². The number of hydrogen-bond acceptors (Lipinski definition) is 2. The van der Waals surface area contributed by atoms with E-state index in [0.717, 1.165) is 37.1 Å². The summed E-state index contributed by atoms with van der Waals surface area (Å²) in [6.07, 6.45) is 2.80. The summed E-state index contributed by atoms with van der Waals surface area (Å²) in [6.45, 7) is 5.75. The number of aliphatic carboxylic acids is 1. The number of carbonyl (C=O) groups is 1.